The van der Waals surface area contributed by atoms with Crippen LogP contribution in [0.4, 0.5) is 10.8 Å². The fourth-order valence-electron chi connectivity index (χ4n) is 3.76. The molecule has 1 aromatic carbocycles. The van der Waals surface area contributed by atoms with Crippen LogP contribution in [0.3, 0.4) is 0 Å². The SMILES string of the molecule is C=CCn1c(C)cc(-c2csc(NC(=O)C3CC(=O)Nc4ccccc43)n2)c1C. The summed E-state index contributed by atoms with van der Waals surface area (Å²) in [7, 11) is 0. The molecule has 0 aliphatic carbocycles. The van der Waals surface area contributed by atoms with Crippen LogP contribution in [-0.4, -0.2) is 21.4 Å². The molecule has 1 atom stereocenters. The van der Waals surface area contributed by atoms with Gasteiger partial charge in [-0.25, -0.2) is 4.98 Å². The van der Waals surface area contributed by atoms with E-state index in [1.54, 1.807) is 0 Å². The number of nitrogens with zero attached hydrogens (tertiary/aromatic N) is 2. The van der Waals surface area contributed by atoms with Crippen LogP contribution in [0.1, 0.15) is 29.3 Å². The summed E-state index contributed by atoms with van der Waals surface area (Å²) in [4.78, 5) is 29.5. The van der Waals surface area contributed by atoms with Crippen molar-refractivity contribution >= 4 is 34.0 Å². The summed E-state index contributed by atoms with van der Waals surface area (Å²) in [6.45, 7) is 8.67. The lowest BCUT2D eigenvalue weighted by atomic mass is 9.90. The molecule has 6 nitrogen and oxygen atoms in total. The quantitative estimate of drug-likeness (QED) is 0.614. The molecule has 7 heteroatoms. The third-order valence-electron chi connectivity index (χ3n) is 5.21. The zero-order valence-corrected chi connectivity index (χ0v) is 17.2. The zero-order valence-electron chi connectivity index (χ0n) is 16.4. The lowest BCUT2D eigenvalue weighted by Gasteiger charge is -2.24. The van der Waals surface area contributed by atoms with Gasteiger partial charge in [-0.3, -0.25) is 9.59 Å². The monoisotopic (exact) mass is 406 g/mol. The largest absolute Gasteiger partial charge is 0.345 e. The molecule has 4 rings (SSSR count). The number of anilines is 2. The molecule has 2 aromatic heterocycles. The Hall–Kier alpha value is -3.19. The Kier molecular flexibility index (Phi) is 5.07. The Labute approximate surface area is 173 Å². The summed E-state index contributed by atoms with van der Waals surface area (Å²) in [5.74, 6) is -0.895. The predicted octanol–water partition coefficient (Wildman–Crippen LogP) is 4.48. The molecule has 1 aliphatic rings. The number of carbonyl (C=O) groups is 2. The number of hydrogen-bond donors (Lipinski definition) is 2. The fraction of sp³-hybridized carbons (Fsp3) is 0.227. The molecule has 3 aromatic rings. The molecule has 148 valence electrons. The molecule has 0 saturated carbocycles. The van der Waals surface area contributed by atoms with E-state index < -0.39 is 5.92 Å². The second kappa shape index (κ2) is 7.67. The highest BCUT2D eigenvalue weighted by Crippen LogP contribution is 2.34. The maximum absolute atomic E-state index is 12.9. The van der Waals surface area contributed by atoms with E-state index in [1.165, 1.54) is 11.3 Å². The van der Waals surface area contributed by atoms with E-state index in [0.29, 0.717) is 10.8 Å². The normalized spacial score (nSPS) is 15.5. The Morgan fingerprint density at radius 1 is 1.41 bits per heavy atom. The van der Waals surface area contributed by atoms with Crippen LogP contribution < -0.4 is 10.6 Å². The van der Waals surface area contributed by atoms with E-state index in [0.717, 1.165) is 34.8 Å². The average Bonchev–Trinajstić information content (AvgIpc) is 3.27. The molecule has 2 N–H and O–H groups in total. The number of carbonyl (C=O) groups excluding carboxylic acids is 2. The first kappa shape index (κ1) is 19.1. The summed E-state index contributed by atoms with van der Waals surface area (Å²) in [5, 5.41) is 8.18. The molecule has 29 heavy (non-hydrogen) atoms. The van der Waals surface area contributed by atoms with E-state index in [4.69, 9.17) is 0 Å². The Bertz CT molecular complexity index is 1110. The molecule has 1 unspecified atom stereocenters. The number of para-hydroxylation sites is 1. The van der Waals surface area contributed by atoms with Crippen molar-refractivity contribution in [3.8, 4) is 11.3 Å². The molecular formula is C22H22N4O2S. The minimum atomic E-state index is -0.523. The van der Waals surface area contributed by atoms with Gasteiger partial charge in [0, 0.05) is 41.0 Å². The average molecular weight is 407 g/mol. The number of aromatic nitrogens is 2. The summed E-state index contributed by atoms with van der Waals surface area (Å²) in [5.41, 5.74) is 5.65. The summed E-state index contributed by atoms with van der Waals surface area (Å²) >= 11 is 1.38. The van der Waals surface area contributed by atoms with Gasteiger partial charge in [-0.1, -0.05) is 24.3 Å². The van der Waals surface area contributed by atoms with Gasteiger partial charge in [0.1, 0.15) is 0 Å². The minimum Gasteiger partial charge on any atom is -0.345 e. The van der Waals surface area contributed by atoms with Gasteiger partial charge in [0.05, 0.1) is 11.6 Å². The van der Waals surface area contributed by atoms with Crippen molar-refractivity contribution in [2.45, 2.75) is 32.7 Å². The maximum Gasteiger partial charge on any atom is 0.234 e. The van der Waals surface area contributed by atoms with Gasteiger partial charge in [-0.05, 0) is 31.5 Å². The topological polar surface area (TPSA) is 76.0 Å². The van der Waals surface area contributed by atoms with Gasteiger partial charge in [-0.15, -0.1) is 17.9 Å². The van der Waals surface area contributed by atoms with Crippen LogP contribution in [0, 0.1) is 13.8 Å². The molecule has 1 aliphatic heterocycles. The van der Waals surface area contributed by atoms with Crippen molar-refractivity contribution < 1.29 is 9.59 Å². The molecule has 0 fully saturated rings. The van der Waals surface area contributed by atoms with Gasteiger partial charge in [-0.2, -0.15) is 0 Å². The molecule has 0 saturated heterocycles. The number of thiazole rings is 1. The number of amides is 2. The van der Waals surface area contributed by atoms with E-state index in [2.05, 4.69) is 46.7 Å². The third kappa shape index (κ3) is 3.61. The van der Waals surface area contributed by atoms with Crippen LogP contribution in [-0.2, 0) is 16.1 Å². The minimum absolute atomic E-state index is 0.129. The van der Waals surface area contributed by atoms with Gasteiger partial charge >= 0.3 is 0 Å². The second-order valence-corrected chi connectivity index (χ2v) is 7.96. The highest BCUT2D eigenvalue weighted by atomic mass is 32.1. The molecular weight excluding hydrogens is 384 g/mol. The summed E-state index contributed by atoms with van der Waals surface area (Å²) in [6.07, 6.45) is 2.00. The third-order valence-corrected chi connectivity index (χ3v) is 5.97. The van der Waals surface area contributed by atoms with Crippen LogP contribution in [0.15, 0.2) is 48.4 Å². The van der Waals surface area contributed by atoms with Crippen LogP contribution in [0.5, 0.6) is 0 Å². The van der Waals surface area contributed by atoms with Gasteiger partial charge in [0.2, 0.25) is 11.8 Å². The first-order chi connectivity index (χ1) is 14.0. The number of hydrogen-bond acceptors (Lipinski definition) is 4. The van der Waals surface area contributed by atoms with Crippen LogP contribution >= 0.6 is 11.3 Å². The zero-order chi connectivity index (χ0) is 20.5. The number of fused-ring (bicyclic) bond motifs is 1. The van der Waals surface area contributed by atoms with E-state index in [1.807, 2.05) is 35.7 Å². The molecule has 3 heterocycles. The van der Waals surface area contributed by atoms with Crippen molar-refractivity contribution in [2.75, 3.05) is 10.6 Å². The molecule has 0 radical (unpaired) electrons. The number of aryl methyl sites for hydroxylation is 1. The van der Waals surface area contributed by atoms with Gasteiger partial charge in [0.25, 0.3) is 0 Å². The number of allylic oxidation sites excluding steroid dienone is 1. The Morgan fingerprint density at radius 2 is 2.21 bits per heavy atom. The first-order valence-electron chi connectivity index (χ1n) is 9.41. The lowest BCUT2D eigenvalue weighted by Crippen LogP contribution is -2.30. The number of benzene rings is 1. The first-order valence-corrected chi connectivity index (χ1v) is 10.3. The highest BCUT2D eigenvalue weighted by molar-refractivity contribution is 7.14. The van der Waals surface area contributed by atoms with Crippen molar-refractivity contribution in [3.05, 3.63) is 65.3 Å². The summed E-state index contributed by atoms with van der Waals surface area (Å²) < 4.78 is 2.18. The standard InChI is InChI=1S/C22H22N4O2S/c1-4-9-26-13(2)10-16(14(26)3)19-12-29-22(24-19)25-21(28)17-11-20(27)23-18-8-6-5-7-15(17)18/h4-8,10,12,17H,1,9,11H2,2-3H3,(H,23,27)(H,24,25,28). The maximum atomic E-state index is 12.9. The van der Waals surface area contributed by atoms with Gasteiger partial charge in [0.15, 0.2) is 5.13 Å². The molecule has 0 spiro atoms. The van der Waals surface area contributed by atoms with Crippen molar-refractivity contribution in [1.29, 1.82) is 0 Å². The van der Waals surface area contributed by atoms with Crippen molar-refractivity contribution in [1.82, 2.24) is 9.55 Å². The van der Waals surface area contributed by atoms with E-state index >= 15 is 0 Å². The number of rotatable bonds is 5. The van der Waals surface area contributed by atoms with Crippen molar-refractivity contribution in [3.63, 3.8) is 0 Å². The Morgan fingerprint density at radius 3 is 3.00 bits per heavy atom. The second-order valence-electron chi connectivity index (χ2n) is 7.10. The van der Waals surface area contributed by atoms with E-state index in [-0.39, 0.29) is 18.2 Å². The van der Waals surface area contributed by atoms with Gasteiger partial charge < -0.3 is 15.2 Å². The fourth-order valence-corrected chi connectivity index (χ4v) is 4.48. The Balaban J connectivity index is 1.56. The van der Waals surface area contributed by atoms with Crippen LogP contribution in [0.25, 0.3) is 11.3 Å². The summed E-state index contributed by atoms with van der Waals surface area (Å²) in [6, 6.07) is 9.50. The van der Waals surface area contributed by atoms with Crippen molar-refractivity contribution in [2.24, 2.45) is 0 Å². The van der Waals surface area contributed by atoms with E-state index in [9.17, 15) is 9.59 Å². The molecule has 2 amide bonds. The molecule has 0 bridgehead atoms. The lowest BCUT2D eigenvalue weighted by molar-refractivity contribution is -0.123. The smallest absolute Gasteiger partial charge is 0.234 e. The van der Waals surface area contributed by atoms with Crippen LogP contribution in [0.2, 0.25) is 0 Å². The highest BCUT2D eigenvalue weighted by Gasteiger charge is 2.31. The predicted molar refractivity (Wildman–Crippen MR) is 116 cm³/mol. The number of nitrogens with one attached hydrogen (secondary N) is 2.